The normalized spacial score (nSPS) is 20.4. The van der Waals surface area contributed by atoms with Gasteiger partial charge in [-0.1, -0.05) is 40.2 Å². The fourth-order valence-corrected chi connectivity index (χ4v) is 3.53. The van der Waals surface area contributed by atoms with Crippen LogP contribution < -0.4 is 10.2 Å². The second-order valence-corrected chi connectivity index (χ2v) is 6.66. The molecule has 2 aromatic rings. The monoisotopic (exact) mass is 358 g/mol. The Kier molecular flexibility index (Phi) is 4.21. The van der Waals surface area contributed by atoms with Crippen LogP contribution in [0.4, 0.5) is 11.4 Å². The highest BCUT2D eigenvalue weighted by Gasteiger charge is 2.32. The zero-order chi connectivity index (χ0) is 15.7. The third-order valence-corrected chi connectivity index (χ3v) is 4.59. The molecule has 0 fully saturated rings. The topological polar surface area (TPSA) is 32.3 Å². The zero-order valence-electron chi connectivity index (χ0n) is 12.7. The van der Waals surface area contributed by atoms with Crippen LogP contribution >= 0.6 is 15.9 Å². The van der Waals surface area contributed by atoms with E-state index in [-0.39, 0.29) is 18.0 Å². The number of carbonyl (C=O) groups is 1. The van der Waals surface area contributed by atoms with Crippen molar-refractivity contribution in [2.45, 2.75) is 32.4 Å². The molecule has 0 saturated heterocycles. The number of nitrogens with zero attached hydrogens (tertiary/aromatic N) is 1. The van der Waals surface area contributed by atoms with Crippen molar-refractivity contribution in [3.05, 3.63) is 58.6 Å². The molecule has 0 saturated carbocycles. The molecule has 22 heavy (non-hydrogen) atoms. The predicted octanol–water partition coefficient (Wildman–Crippen LogP) is 4.75. The predicted molar refractivity (Wildman–Crippen MR) is 94.2 cm³/mol. The molecule has 1 amide bonds. The molecular formula is C18H19BrN2O. The van der Waals surface area contributed by atoms with Gasteiger partial charge in [-0.2, -0.15) is 0 Å². The Morgan fingerprint density at radius 1 is 1.23 bits per heavy atom. The van der Waals surface area contributed by atoms with Gasteiger partial charge in [0.05, 0.1) is 11.7 Å². The Bertz CT molecular complexity index is 687. The van der Waals surface area contributed by atoms with Crippen molar-refractivity contribution in [3.63, 3.8) is 0 Å². The smallest absolute Gasteiger partial charge is 0.224 e. The largest absolute Gasteiger partial charge is 0.378 e. The summed E-state index contributed by atoms with van der Waals surface area (Å²) in [6.07, 6.45) is 0.892. The zero-order valence-corrected chi connectivity index (χ0v) is 14.3. The van der Waals surface area contributed by atoms with E-state index in [1.165, 1.54) is 5.56 Å². The molecule has 1 N–H and O–H groups in total. The van der Waals surface area contributed by atoms with Gasteiger partial charge < -0.3 is 10.2 Å². The highest BCUT2D eigenvalue weighted by atomic mass is 79.9. The van der Waals surface area contributed by atoms with Crippen LogP contribution in [0.1, 0.15) is 31.9 Å². The lowest BCUT2D eigenvalue weighted by Crippen LogP contribution is -2.43. The maximum Gasteiger partial charge on any atom is 0.224 e. The van der Waals surface area contributed by atoms with Crippen LogP contribution in [0.5, 0.6) is 0 Å². The summed E-state index contributed by atoms with van der Waals surface area (Å²) in [7, 11) is 0. The third-order valence-electron chi connectivity index (χ3n) is 4.10. The molecule has 0 radical (unpaired) electrons. The number of benzene rings is 2. The van der Waals surface area contributed by atoms with Crippen molar-refractivity contribution in [3.8, 4) is 0 Å². The first-order chi connectivity index (χ1) is 10.6. The highest BCUT2D eigenvalue weighted by Crippen LogP contribution is 2.40. The highest BCUT2D eigenvalue weighted by molar-refractivity contribution is 9.10. The van der Waals surface area contributed by atoms with E-state index in [2.05, 4.69) is 46.4 Å². The van der Waals surface area contributed by atoms with Crippen LogP contribution in [0.15, 0.2) is 53.0 Å². The summed E-state index contributed by atoms with van der Waals surface area (Å²) < 4.78 is 0.991. The van der Waals surface area contributed by atoms with Gasteiger partial charge in [-0.25, -0.2) is 0 Å². The number of fused-ring (bicyclic) bond motifs is 1. The number of carbonyl (C=O) groups excluding carboxylic acids is 1. The molecule has 114 valence electrons. The lowest BCUT2D eigenvalue weighted by molar-refractivity contribution is -0.117. The summed E-state index contributed by atoms with van der Waals surface area (Å²) in [4.78, 5) is 13.9. The summed E-state index contributed by atoms with van der Waals surface area (Å²) in [5, 5.41) is 3.59. The second-order valence-electron chi connectivity index (χ2n) is 5.74. The van der Waals surface area contributed by atoms with E-state index in [1.807, 2.05) is 35.2 Å². The number of amides is 1. The number of rotatable bonds is 2. The molecule has 2 atom stereocenters. The average molecular weight is 359 g/mol. The quantitative estimate of drug-likeness (QED) is 0.840. The van der Waals surface area contributed by atoms with Crippen molar-refractivity contribution in [2.75, 3.05) is 10.2 Å². The second kappa shape index (κ2) is 6.13. The fourth-order valence-electron chi connectivity index (χ4n) is 3.18. The maximum atomic E-state index is 12.0. The van der Waals surface area contributed by atoms with Gasteiger partial charge in [0, 0.05) is 23.1 Å². The Labute approximate surface area is 139 Å². The number of para-hydroxylation sites is 1. The number of hydrogen-bond acceptors (Lipinski definition) is 2. The molecule has 0 aliphatic carbocycles. The van der Waals surface area contributed by atoms with Crippen LogP contribution in [-0.4, -0.2) is 11.9 Å². The minimum absolute atomic E-state index is 0.0880. The Balaban J connectivity index is 2.00. The van der Waals surface area contributed by atoms with Gasteiger partial charge in [0.15, 0.2) is 0 Å². The maximum absolute atomic E-state index is 12.0. The van der Waals surface area contributed by atoms with Gasteiger partial charge in [0.25, 0.3) is 0 Å². The first-order valence-corrected chi connectivity index (χ1v) is 8.26. The van der Waals surface area contributed by atoms with E-state index in [1.54, 1.807) is 6.92 Å². The van der Waals surface area contributed by atoms with Crippen LogP contribution in [0, 0.1) is 0 Å². The van der Waals surface area contributed by atoms with E-state index in [0.29, 0.717) is 0 Å². The van der Waals surface area contributed by atoms with Crippen LogP contribution in [0.3, 0.4) is 0 Å². The summed E-state index contributed by atoms with van der Waals surface area (Å²) in [6, 6.07) is 16.7. The van der Waals surface area contributed by atoms with Gasteiger partial charge in [-0.05, 0) is 43.2 Å². The Hall–Kier alpha value is -1.81. The standard InChI is InChI=1S/C18H19BrN2O/c1-12-10-17(20-15-6-4-3-5-7-15)16-9-8-14(19)11-18(16)21(12)13(2)22/h3-9,11-12,17,20H,10H2,1-2H3/t12-,17+/m1/s1. The summed E-state index contributed by atoms with van der Waals surface area (Å²) in [5.41, 5.74) is 3.26. The molecule has 0 unspecified atom stereocenters. The molecule has 3 rings (SSSR count). The molecule has 0 spiro atoms. The molecule has 1 aliphatic rings. The number of halogens is 1. The first kappa shape index (κ1) is 15.1. The molecule has 3 nitrogen and oxygen atoms in total. The molecule has 1 aliphatic heterocycles. The fraction of sp³-hybridized carbons (Fsp3) is 0.278. The van der Waals surface area contributed by atoms with Gasteiger partial charge in [-0.15, -0.1) is 0 Å². The molecule has 4 heteroatoms. The van der Waals surface area contributed by atoms with Crippen molar-refractivity contribution >= 4 is 33.2 Å². The third kappa shape index (κ3) is 2.88. The molecule has 0 bridgehead atoms. The number of anilines is 2. The van der Waals surface area contributed by atoms with E-state index >= 15 is 0 Å². The number of hydrogen-bond donors (Lipinski definition) is 1. The van der Waals surface area contributed by atoms with Crippen LogP contribution in [0.2, 0.25) is 0 Å². The van der Waals surface area contributed by atoms with Crippen LogP contribution in [0.25, 0.3) is 0 Å². The van der Waals surface area contributed by atoms with Crippen LogP contribution in [-0.2, 0) is 4.79 Å². The molecule has 2 aromatic carbocycles. The van der Waals surface area contributed by atoms with Crippen molar-refractivity contribution in [1.82, 2.24) is 0 Å². The molecule has 1 heterocycles. The molecular weight excluding hydrogens is 340 g/mol. The number of nitrogens with one attached hydrogen (secondary N) is 1. The van der Waals surface area contributed by atoms with Gasteiger partial charge in [0.1, 0.15) is 0 Å². The lowest BCUT2D eigenvalue weighted by atomic mass is 9.91. The van der Waals surface area contributed by atoms with E-state index < -0.39 is 0 Å². The Morgan fingerprint density at radius 3 is 2.64 bits per heavy atom. The van der Waals surface area contributed by atoms with E-state index in [0.717, 1.165) is 22.3 Å². The van der Waals surface area contributed by atoms with Crippen molar-refractivity contribution in [2.24, 2.45) is 0 Å². The average Bonchev–Trinajstić information content (AvgIpc) is 2.47. The van der Waals surface area contributed by atoms with Gasteiger partial charge >= 0.3 is 0 Å². The van der Waals surface area contributed by atoms with Gasteiger partial charge in [-0.3, -0.25) is 4.79 Å². The van der Waals surface area contributed by atoms with Crippen molar-refractivity contribution in [1.29, 1.82) is 0 Å². The summed E-state index contributed by atoms with van der Waals surface area (Å²) in [6.45, 7) is 3.73. The van der Waals surface area contributed by atoms with E-state index in [4.69, 9.17) is 0 Å². The summed E-state index contributed by atoms with van der Waals surface area (Å²) >= 11 is 3.52. The van der Waals surface area contributed by atoms with Crippen molar-refractivity contribution < 1.29 is 4.79 Å². The minimum atomic E-state index is 0.0880. The molecule has 0 aromatic heterocycles. The summed E-state index contributed by atoms with van der Waals surface area (Å²) in [5.74, 6) is 0.0880. The van der Waals surface area contributed by atoms with E-state index in [9.17, 15) is 4.79 Å². The Morgan fingerprint density at radius 2 is 1.95 bits per heavy atom. The first-order valence-electron chi connectivity index (χ1n) is 7.47. The minimum Gasteiger partial charge on any atom is -0.378 e. The lowest BCUT2D eigenvalue weighted by Gasteiger charge is -2.39. The van der Waals surface area contributed by atoms with Gasteiger partial charge in [0.2, 0.25) is 5.91 Å². The SMILES string of the molecule is CC(=O)N1c2cc(Br)ccc2[C@@H](Nc2ccccc2)C[C@H]1C.